The van der Waals surface area contributed by atoms with Gasteiger partial charge in [-0.2, -0.15) is 18.4 Å². The third-order valence-electron chi connectivity index (χ3n) is 4.97. The van der Waals surface area contributed by atoms with Gasteiger partial charge in [0, 0.05) is 7.05 Å². The van der Waals surface area contributed by atoms with Gasteiger partial charge in [0.1, 0.15) is 5.54 Å². The fourth-order valence-corrected chi connectivity index (χ4v) is 3.15. The van der Waals surface area contributed by atoms with E-state index in [2.05, 4.69) is 0 Å². The average molecular weight is 407 g/mol. The van der Waals surface area contributed by atoms with Gasteiger partial charge in [0.05, 0.1) is 22.9 Å². The molecular formula is C19H13F4N3O3. The molecule has 3 amide bonds. The number of anilines is 1. The van der Waals surface area contributed by atoms with Crippen molar-refractivity contribution in [3.8, 4) is 11.8 Å². The van der Waals surface area contributed by atoms with E-state index in [9.17, 15) is 32.3 Å². The molecule has 2 aromatic rings. The van der Waals surface area contributed by atoms with E-state index in [0.29, 0.717) is 11.0 Å². The Bertz CT molecular complexity index is 1080. The van der Waals surface area contributed by atoms with Crippen LogP contribution in [0.2, 0.25) is 0 Å². The number of halogens is 4. The number of nitriles is 1. The highest BCUT2D eigenvalue weighted by Gasteiger charge is 2.54. The second-order valence-electron chi connectivity index (χ2n) is 6.56. The molecule has 1 saturated heterocycles. The van der Waals surface area contributed by atoms with Gasteiger partial charge in [-0.3, -0.25) is 4.79 Å². The third kappa shape index (κ3) is 2.95. The van der Waals surface area contributed by atoms with Crippen LogP contribution in [-0.2, 0) is 16.5 Å². The number of rotatable bonds is 2. The molecule has 2 aromatic carbocycles. The Morgan fingerprint density at radius 2 is 1.79 bits per heavy atom. The Kier molecular flexibility index (Phi) is 4.50. The van der Waals surface area contributed by atoms with E-state index in [0.717, 1.165) is 29.2 Å². The predicted molar refractivity (Wildman–Crippen MR) is 92.2 cm³/mol. The lowest BCUT2D eigenvalue weighted by Crippen LogP contribution is -2.42. The van der Waals surface area contributed by atoms with Crippen molar-refractivity contribution in [1.29, 1.82) is 5.26 Å². The number of carbonyl (C=O) groups is 2. The van der Waals surface area contributed by atoms with Crippen LogP contribution in [0.25, 0.3) is 0 Å². The second kappa shape index (κ2) is 6.48. The Morgan fingerprint density at radius 3 is 2.34 bits per heavy atom. The van der Waals surface area contributed by atoms with E-state index in [1.807, 2.05) is 0 Å². The number of benzene rings is 2. The molecule has 1 unspecified atom stereocenters. The van der Waals surface area contributed by atoms with Gasteiger partial charge in [0.2, 0.25) is 0 Å². The highest BCUT2D eigenvalue weighted by atomic mass is 19.4. The average Bonchev–Trinajstić information content (AvgIpc) is 2.84. The van der Waals surface area contributed by atoms with Crippen molar-refractivity contribution in [2.75, 3.05) is 11.9 Å². The van der Waals surface area contributed by atoms with Gasteiger partial charge in [0.25, 0.3) is 5.91 Å². The van der Waals surface area contributed by atoms with E-state index >= 15 is 0 Å². The maximum atomic E-state index is 13.8. The highest BCUT2D eigenvalue weighted by Crippen LogP contribution is 2.41. The lowest BCUT2D eigenvalue weighted by Gasteiger charge is -2.28. The largest absolute Gasteiger partial charge is 0.505 e. The second-order valence-corrected chi connectivity index (χ2v) is 6.56. The lowest BCUT2D eigenvalue weighted by atomic mass is 9.90. The fourth-order valence-electron chi connectivity index (χ4n) is 3.15. The van der Waals surface area contributed by atoms with Crippen LogP contribution in [0.4, 0.5) is 28.0 Å². The quantitative estimate of drug-likeness (QED) is 0.607. The number of hydrogen-bond acceptors (Lipinski definition) is 4. The van der Waals surface area contributed by atoms with E-state index in [-0.39, 0.29) is 11.3 Å². The maximum absolute atomic E-state index is 13.8. The molecule has 6 nitrogen and oxygen atoms in total. The lowest BCUT2D eigenvalue weighted by molar-refractivity contribution is -0.137. The zero-order valence-electron chi connectivity index (χ0n) is 15.1. The number of phenolic OH excluding ortho intramolecular Hbond substituents is 1. The van der Waals surface area contributed by atoms with Crippen molar-refractivity contribution >= 4 is 17.6 Å². The minimum atomic E-state index is -4.87. The number of urea groups is 1. The number of likely N-dealkylation sites (N-methyl/N-ethyl adjacent to an activating group) is 1. The van der Waals surface area contributed by atoms with E-state index < -0.39 is 46.3 Å². The molecule has 0 saturated carbocycles. The normalized spacial score (nSPS) is 19.6. The fraction of sp³-hybridized carbons (Fsp3) is 0.211. The standard InChI is InChI=1S/C19H13F4N3O3/c1-18(11-4-6-15(27)14(20)7-11)16(28)26(17(29)25(18)2)12-5-3-10(9-24)13(8-12)19(21,22)23/h3-8,27H,1-2H3. The molecule has 1 fully saturated rings. The molecule has 0 aliphatic carbocycles. The van der Waals surface area contributed by atoms with Crippen LogP contribution in [0.5, 0.6) is 5.75 Å². The number of imide groups is 1. The summed E-state index contributed by atoms with van der Waals surface area (Å²) in [5.41, 5.74) is -4.01. The molecule has 0 radical (unpaired) electrons. The summed E-state index contributed by atoms with van der Waals surface area (Å²) in [6.07, 6.45) is -4.87. The van der Waals surface area contributed by atoms with Crippen molar-refractivity contribution in [2.45, 2.75) is 18.6 Å². The third-order valence-corrected chi connectivity index (χ3v) is 4.97. The molecule has 150 valence electrons. The van der Waals surface area contributed by atoms with Crippen LogP contribution >= 0.6 is 0 Å². The summed E-state index contributed by atoms with van der Waals surface area (Å²) in [5, 5.41) is 18.3. The Hall–Kier alpha value is -3.61. The van der Waals surface area contributed by atoms with E-state index in [4.69, 9.17) is 5.26 Å². The molecule has 1 heterocycles. The first kappa shape index (κ1) is 20.1. The molecule has 0 aromatic heterocycles. The van der Waals surface area contributed by atoms with Crippen LogP contribution in [0.15, 0.2) is 36.4 Å². The van der Waals surface area contributed by atoms with Gasteiger partial charge < -0.3 is 10.0 Å². The summed E-state index contributed by atoms with van der Waals surface area (Å²) in [6.45, 7) is 1.31. The van der Waals surface area contributed by atoms with Crippen molar-refractivity contribution < 1.29 is 32.3 Å². The number of amides is 3. The molecular weight excluding hydrogens is 394 g/mol. The van der Waals surface area contributed by atoms with Crippen LogP contribution < -0.4 is 4.90 Å². The van der Waals surface area contributed by atoms with Gasteiger partial charge in [-0.25, -0.2) is 14.1 Å². The zero-order chi connectivity index (χ0) is 21.7. The molecule has 0 bridgehead atoms. The summed E-state index contributed by atoms with van der Waals surface area (Å²) < 4.78 is 53.6. The SMILES string of the molecule is CN1C(=O)N(c2ccc(C#N)c(C(F)(F)F)c2)C(=O)C1(C)c1ccc(O)c(F)c1. The van der Waals surface area contributed by atoms with Gasteiger partial charge in [0.15, 0.2) is 11.6 Å². The number of hydrogen-bond donors (Lipinski definition) is 1. The molecule has 10 heteroatoms. The monoisotopic (exact) mass is 407 g/mol. The topological polar surface area (TPSA) is 84.6 Å². The number of nitrogens with zero attached hydrogens (tertiary/aromatic N) is 3. The van der Waals surface area contributed by atoms with Crippen molar-refractivity contribution in [3.63, 3.8) is 0 Å². The zero-order valence-corrected chi connectivity index (χ0v) is 15.1. The number of carbonyl (C=O) groups excluding carboxylic acids is 2. The summed E-state index contributed by atoms with van der Waals surface area (Å²) in [4.78, 5) is 27.3. The molecule has 3 rings (SSSR count). The van der Waals surface area contributed by atoms with Crippen molar-refractivity contribution in [1.82, 2.24) is 4.90 Å². The predicted octanol–water partition coefficient (Wildman–Crippen LogP) is 3.74. The summed E-state index contributed by atoms with van der Waals surface area (Å²) in [5.74, 6) is -2.59. The van der Waals surface area contributed by atoms with Gasteiger partial charge in [-0.1, -0.05) is 6.07 Å². The minimum Gasteiger partial charge on any atom is -0.505 e. The van der Waals surface area contributed by atoms with E-state index in [1.165, 1.54) is 26.1 Å². The van der Waals surface area contributed by atoms with Crippen LogP contribution in [0.3, 0.4) is 0 Å². The summed E-state index contributed by atoms with van der Waals surface area (Å²) in [7, 11) is 1.25. The molecule has 1 aliphatic rings. The van der Waals surface area contributed by atoms with Crippen molar-refractivity contribution in [3.05, 3.63) is 58.9 Å². The number of alkyl halides is 3. The Labute approximate surface area is 162 Å². The summed E-state index contributed by atoms with van der Waals surface area (Å²) >= 11 is 0. The van der Waals surface area contributed by atoms with Crippen LogP contribution in [-0.4, -0.2) is 29.0 Å². The molecule has 29 heavy (non-hydrogen) atoms. The highest BCUT2D eigenvalue weighted by molar-refractivity contribution is 6.23. The number of aromatic hydroxyl groups is 1. The molecule has 1 N–H and O–H groups in total. The first-order valence-corrected chi connectivity index (χ1v) is 8.15. The first-order chi connectivity index (χ1) is 13.4. The van der Waals surface area contributed by atoms with E-state index in [1.54, 1.807) is 0 Å². The summed E-state index contributed by atoms with van der Waals surface area (Å²) in [6, 6.07) is 6.09. The first-order valence-electron chi connectivity index (χ1n) is 8.15. The molecule has 1 aliphatic heterocycles. The Balaban J connectivity index is 2.14. The van der Waals surface area contributed by atoms with Gasteiger partial charge in [-0.15, -0.1) is 0 Å². The smallest absolute Gasteiger partial charge is 0.417 e. The molecule has 0 spiro atoms. The van der Waals surface area contributed by atoms with Crippen molar-refractivity contribution in [2.24, 2.45) is 0 Å². The number of phenols is 1. The van der Waals surface area contributed by atoms with Gasteiger partial charge >= 0.3 is 12.2 Å². The van der Waals surface area contributed by atoms with Crippen LogP contribution in [0.1, 0.15) is 23.6 Å². The Morgan fingerprint density at radius 1 is 1.14 bits per heavy atom. The van der Waals surface area contributed by atoms with Crippen LogP contribution in [0, 0.1) is 17.1 Å². The van der Waals surface area contributed by atoms with Gasteiger partial charge in [-0.05, 0) is 42.8 Å². The maximum Gasteiger partial charge on any atom is 0.417 e. The molecule has 1 atom stereocenters. The minimum absolute atomic E-state index is 0.0286.